The second kappa shape index (κ2) is 5.16. The van der Waals surface area contributed by atoms with Gasteiger partial charge in [0.15, 0.2) is 5.78 Å². The maximum absolute atomic E-state index is 13.6. The Kier molecular flexibility index (Phi) is 3.26. The van der Waals surface area contributed by atoms with Crippen molar-refractivity contribution >= 4 is 17.4 Å². The van der Waals surface area contributed by atoms with Crippen LogP contribution in [-0.2, 0) is 21.5 Å². The van der Waals surface area contributed by atoms with Gasteiger partial charge in [-0.05, 0) is 22.8 Å². The van der Waals surface area contributed by atoms with Gasteiger partial charge in [-0.2, -0.15) is 0 Å². The quantitative estimate of drug-likeness (QED) is 0.779. The van der Waals surface area contributed by atoms with Gasteiger partial charge < -0.3 is 4.90 Å². The summed E-state index contributed by atoms with van der Waals surface area (Å²) >= 11 is 0. The molecule has 126 valence electrons. The highest BCUT2D eigenvalue weighted by molar-refractivity contribution is 6.16. The van der Waals surface area contributed by atoms with Gasteiger partial charge in [0.25, 0.3) is 0 Å². The Morgan fingerprint density at radius 2 is 1.64 bits per heavy atom. The van der Waals surface area contributed by atoms with Gasteiger partial charge in [0, 0.05) is 17.5 Å². The molecule has 0 aromatic heterocycles. The second-order valence-electron chi connectivity index (χ2n) is 7.50. The van der Waals surface area contributed by atoms with E-state index in [9.17, 15) is 9.59 Å². The molecule has 0 N–H and O–H groups in total. The Bertz CT molecular complexity index is 897. The lowest BCUT2D eigenvalue weighted by Crippen LogP contribution is -2.47. The number of rotatable bonds is 2. The number of amides is 1. The fourth-order valence-electron chi connectivity index (χ4n) is 4.40. The van der Waals surface area contributed by atoms with Crippen LogP contribution in [0.15, 0.2) is 66.7 Å². The number of benzene rings is 2. The summed E-state index contributed by atoms with van der Waals surface area (Å²) in [5.74, 6) is 0.00395. The third kappa shape index (κ3) is 1.92. The third-order valence-electron chi connectivity index (χ3n) is 6.03. The smallest absolute Gasteiger partial charge is 0.239 e. The molecule has 1 unspecified atom stereocenters. The largest absolute Gasteiger partial charge is 0.307 e. The molecule has 1 heterocycles. The third-order valence-corrected chi connectivity index (χ3v) is 6.03. The minimum absolute atomic E-state index is 0.00489. The number of hydrogen-bond donors (Lipinski definition) is 0. The molecule has 2 aromatic rings. The van der Waals surface area contributed by atoms with Gasteiger partial charge in [-0.1, -0.05) is 69.0 Å². The molecule has 3 nitrogen and oxygen atoms in total. The summed E-state index contributed by atoms with van der Waals surface area (Å²) in [6.45, 7) is 8.46. The second-order valence-corrected chi connectivity index (χ2v) is 7.50. The van der Waals surface area contributed by atoms with Crippen molar-refractivity contribution in [1.29, 1.82) is 0 Å². The minimum atomic E-state index is -0.841. The summed E-state index contributed by atoms with van der Waals surface area (Å²) < 4.78 is 0. The molecular weight excluding hydrogens is 310 g/mol. The first-order chi connectivity index (χ1) is 11.9. The standard InChI is InChI=1S/C22H21NO2/c1-15-19(24)13-22(21(15,2)3)17-11-7-8-12-18(17)23(20(22)25)14-16-9-5-4-6-10-16/h4-12H,1,13-14H2,2-3H3. The van der Waals surface area contributed by atoms with Crippen molar-refractivity contribution in [2.45, 2.75) is 32.2 Å². The number of carbonyl (C=O) groups excluding carboxylic acids is 2. The highest BCUT2D eigenvalue weighted by Gasteiger charge is 2.65. The Morgan fingerprint density at radius 3 is 2.28 bits per heavy atom. The van der Waals surface area contributed by atoms with E-state index in [0.29, 0.717) is 12.1 Å². The zero-order chi connectivity index (χ0) is 17.8. The van der Waals surface area contributed by atoms with Crippen molar-refractivity contribution in [3.8, 4) is 0 Å². The van der Waals surface area contributed by atoms with Gasteiger partial charge >= 0.3 is 0 Å². The van der Waals surface area contributed by atoms with E-state index in [1.165, 1.54) is 0 Å². The average Bonchev–Trinajstić information content (AvgIpc) is 2.95. The van der Waals surface area contributed by atoms with Crippen LogP contribution in [0.5, 0.6) is 0 Å². The number of carbonyl (C=O) groups is 2. The minimum Gasteiger partial charge on any atom is -0.307 e. The monoisotopic (exact) mass is 331 g/mol. The molecule has 1 aliphatic carbocycles. The molecule has 0 radical (unpaired) electrons. The molecule has 1 atom stereocenters. The fraction of sp³-hybridized carbons (Fsp3) is 0.273. The van der Waals surface area contributed by atoms with E-state index >= 15 is 0 Å². The molecule has 1 saturated carbocycles. The summed E-state index contributed by atoms with van der Waals surface area (Å²) in [6, 6.07) is 17.8. The number of para-hydroxylation sites is 1. The van der Waals surface area contributed by atoms with E-state index in [0.717, 1.165) is 16.8 Å². The number of anilines is 1. The van der Waals surface area contributed by atoms with Gasteiger partial charge in [-0.3, -0.25) is 9.59 Å². The van der Waals surface area contributed by atoms with Crippen LogP contribution in [-0.4, -0.2) is 11.7 Å². The Hall–Kier alpha value is -2.68. The lowest BCUT2D eigenvalue weighted by molar-refractivity contribution is -0.127. The van der Waals surface area contributed by atoms with Crippen molar-refractivity contribution in [2.24, 2.45) is 5.41 Å². The molecule has 1 fully saturated rings. The molecule has 2 aromatic carbocycles. The molecule has 1 amide bonds. The summed E-state index contributed by atoms with van der Waals surface area (Å²) in [5.41, 5.74) is 2.05. The number of ketones is 1. The highest BCUT2D eigenvalue weighted by atomic mass is 16.2. The normalized spacial score (nSPS) is 24.2. The molecule has 1 aliphatic heterocycles. The Morgan fingerprint density at radius 1 is 1.00 bits per heavy atom. The summed E-state index contributed by atoms with van der Waals surface area (Å²) in [7, 11) is 0. The molecule has 25 heavy (non-hydrogen) atoms. The molecular formula is C22H21NO2. The number of allylic oxidation sites excluding steroid dienone is 1. The zero-order valence-electron chi connectivity index (χ0n) is 14.6. The zero-order valence-corrected chi connectivity index (χ0v) is 14.6. The predicted molar refractivity (Wildman–Crippen MR) is 98.3 cm³/mol. The number of Topliss-reactive ketones (excluding diaryl/α,β-unsaturated/α-hetero) is 1. The topological polar surface area (TPSA) is 37.4 Å². The van der Waals surface area contributed by atoms with Crippen molar-refractivity contribution in [2.75, 3.05) is 4.90 Å². The first-order valence-corrected chi connectivity index (χ1v) is 8.57. The van der Waals surface area contributed by atoms with Crippen molar-refractivity contribution in [1.82, 2.24) is 0 Å². The number of nitrogens with zero attached hydrogens (tertiary/aromatic N) is 1. The van der Waals surface area contributed by atoms with Crippen LogP contribution < -0.4 is 4.90 Å². The van der Waals surface area contributed by atoms with Crippen molar-refractivity contribution in [3.63, 3.8) is 0 Å². The van der Waals surface area contributed by atoms with E-state index in [4.69, 9.17) is 0 Å². The predicted octanol–water partition coefficient (Wildman–Crippen LogP) is 4.03. The summed E-state index contributed by atoms with van der Waals surface area (Å²) in [4.78, 5) is 28.0. The van der Waals surface area contributed by atoms with Gasteiger partial charge in [0.05, 0.1) is 12.0 Å². The first kappa shape index (κ1) is 15.8. The van der Waals surface area contributed by atoms with Crippen LogP contribution in [0.25, 0.3) is 0 Å². The van der Waals surface area contributed by atoms with Crippen LogP contribution in [0, 0.1) is 5.41 Å². The maximum Gasteiger partial charge on any atom is 0.239 e. The number of fused-ring (bicyclic) bond motifs is 2. The molecule has 0 saturated heterocycles. The molecule has 4 rings (SSSR count). The molecule has 0 bridgehead atoms. The van der Waals surface area contributed by atoms with E-state index in [-0.39, 0.29) is 18.1 Å². The average molecular weight is 331 g/mol. The van der Waals surface area contributed by atoms with E-state index in [1.807, 2.05) is 73.3 Å². The van der Waals surface area contributed by atoms with Crippen LogP contribution in [0.1, 0.15) is 31.4 Å². The SMILES string of the molecule is C=C1C(=O)CC2(C(=O)N(Cc3ccccc3)c3ccccc32)C1(C)C. The van der Waals surface area contributed by atoms with Crippen LogP contribution >= 0.6 is 0 Å². The van der Waals surface area contributed by atoms with Gasteiger partial charge in [0.1, 0.15) is 0 Å². The van der Waals surface area contributed by atoms with Crippen LogP contribution in [0.4, 0.5) is 5.69 Å². The molecule has 3 heteroatoms. The molecule has 2 aliphatic rings. The van der Waals surface area contributed by atoms with Crippen LogP contribution in [0.2, 0.25) is 0 Å². The van der Waals surface area contributed by atoms with Gasteiger partial charge in [0.2, 0.25) is 5.91 Å². The van der Waals surface area contributed by atoms with E-state index in [2.05, 4.69) is 6.58 Å². The van der Waals surface area contributed by atoms with Crippen molar-refractivity contribution < 1.29 is 9.59 Å². The van der Waals surface area contributed by atoms with E-state index < -0.39 is 10.8 Å². The maximum atomic E-state index is 13.6. The first-order valence-electron chi connectivity index (χ1n) is 8.57. The van der Waals surface area contributed by atoms with Gasteiger partial charge in [-0.15, -0.1) is 0 Å². The van der Waals surface area contributed by atoms with Crippen molar-refractivity contribution in [3.05, 3.63) is 77.9 Å². The van der Waals surface area contributed by atoms with Gasteiger partial charge in [-0.25, -0.2) is 0 Å². The lowest BCUT2D eigenvalue weighted by Gasteiger charge is -2.36. The Labute approximate surface area is 148 Å². The molecule has 1 spiro atoms. The fourth-order valence-corrected chi connectivity index (χ4v) is 4.40. The Balaban J connectivity index is 1.88. The summed E-state index contributed by atoms with van der Waals surface area (Å²) in [5, 5.41) is 0. The van der Waals surface area contributed by atoms with E-state index in [1.54, 1.807) is 0 Å². The highest BCUT2D eigenvalue weighted by Crippen LogP contribution is 2.60. The number of hydrogen-bond acceptors (Lipinski definition) is 2. The van der Waals surface area contributed by atoms with Crippen LogP contribution in [0.3, 0.4) is 0 Å². The lowest BCUT2D eigenvalue weighted by atomic mass is 9.63. The summed E-state index contributed by atoms with van der Waals surface area (Å²) in [6.07, 6.45) is 0.208.